The third kappa shape index (κ3) is 6.90. The van der Waals surface area contributed by atoms with Gasteiger partial charge in [-0.15, -0.1) is 0 Å². The molecule has 9 nitrogen and oxygen atoms in total. The van der Waals surface area contributed by atoms with Crippen molar-refractivity contribution in [3.63, 3.8) is 0 Å². The molecule has 1 aromatic heterocycles. The summed E-state index contributed by atoms with van der Waals surface area (Å²) in [5, 5.41) is 14.9. The number of amides is 3. The minimum Gasteiger partial charge on any atom is -0.436 e. The summed E-state index contributed by atoms with van der Waals surface area (Å²) in [6.07, 6.45) is 1.35. The highest BCUT2D eigenvalue weighted by molar-refractivity contribution is 7.98. The first-order chi connectivity index (χ1) is 19.0. The van der Waals surface area contributed by atoms with Gasteiger partial charge in [0.1, 0.15) is 15.7 Å². The third-order valence-electron chi connectivity index (χ3n) is 5.08. The van der Waals surface area contributed by atoms with Gasteiger partial charge in [0, 0.05) is 6.20 Å². The lowest BCUT2D eigenvalue weighted by Crippen LogP contribution is -2.36. The first-order valence-electron chi connectivity index (χ1n) is 10.8. The van der Waals surface area contributed by atoms with Crippen LogP contribution < -0.4 is 14.8 Å². The van der Waals surface area contributed by atoms with Gasteiger partial charge in [-0.3, -0.25) is 24.9 Å². The largest absolute Gasteiger partial charge is 0.436 e. The molecule has 1 heterocycles. The van der Waals surface area contributed by atoms with Gasteiger partial charge in [-0.05, 0) is 60.0 Å². The van der Waals surface area contributed by atoms with Crippen LogP contribution in [0.25, 0.3) is 11.1 Å². The van der Waals surface area contributed by atoms with Gasteiger partial charge in [0.25, 0.3) is 11.6 Å². The van der Waals surface area contributed by atoms with Gasteiger partial charge in [-0.2, -0.15) is 0 Å². The Morgan fingerprint density at radius 1 is 0.900 bits per heavy atom. The van der Waals surface area contributed by atoms with Crippen molar-refractivity contribution in [2.75, 3.05) is 0 Å². The van der Waals surface area contributed by atoms with Crippen molar-refractivity contribution in [3.05, 3.63) is 108 Å². The molecular weight excluding hydrogens is 646 g/mol. The topological polar surface area (TPSA) is 123 Å². The number of nitro groups is 1. The smallest absolute Gasteiger partial charge is 0.331 e. The first-order valence-corrected chi connectivity index (χ1v) is 13.5. The van der Waals surface area contributed by atoms with Crippen LogP contribution in [-0.2, 0) is 0 Å². The van der Waals surface area contributed by atoms with Gasteiger partial charge < -0.3 is 4.74 Å². The number of pyridine rings is 1. The number of imide groups is 1. The average Bonchev–Trinajstić information content (AvgIpc) is 2.89. The molecule has 204 valence electrons. The Kier molecular flexibility index (Phi) is 9.62. The minimum absolute atomic E-state index is 0.0522. The Hall–Kier alpha value is -3.25. The number of halogens is 5. The highest BCUT2D eigenvalue weighted by Crippen LogP contribution is 2.41. The van der Waals surface area contributed by atoms with E-state index in [9.17, 15) is 19.7 Å². The quantitative estimate of drug-likeness (QED) is 0.115. The molecule has 3 amide bonds. The van der Waals surface area contributed by atoms with Crippen LogP contribution in [0.4, 0.5) is 10.5 Å². The van der Waals surface area contributed by atoms with E-state index in [1.165, 1.54) is 48.7 Å². The third-order valence-corrected chi connectivity index (χ3v) is 7.32. The molecule has 0 saturated carbocycles. The van der Waals surface area contributed by atoms with Gasteiger partial charge in [0.15, 0.2) is 0 Å². The van der Waals surface area contributed by atoms with E-state index < -0.39 is 16.9 Å². The Morgan fingerprint density at radius 2 is 1.60 bits per heavy atom. The summed E-state index contributed by atoms with van der Waals surface area (Å²) in [6.45, 7) is 0. The molecule has 0 saturated heterocycles. The second-order valence-corrected chi connectivity index (χ2v) is 10.6. The van der Waals surface area contributed by atoms with Gasteiger partial charge in [-0.25, -0.2) is 9.78 Å². The second-order valence-electron chi connectivity index (χ2n) is 7.68. The number of para-hydroxylation sites is 1. The molecule has 0 unspecified atom stereocenters. The van der Waals surface area contributed by atoms with Gasteiger partial charge >= 0.3 is 6.03 Å². The molecule has 0 spiro atoms. The Morgan fingerprint density at radius 3 is 2.25 bits per heavy atom. The molecule has 4 aromatic rings. The molecule has 0 aliphatic rings. The van der Waals surface area contributed by atoms with Crippen LogP contribution >= 0.6 is 70.0 Å². The number of ether oxygens (including phenoxy) is 1. The number of carbonyl (C=O) groups excluding carboxylic acids is 2. The summed E-state index contributed by atoms with van der Waals surface area (Å²) in [7, 11) is 0. The minimum atomic E-state index is -0.940. The molecule has 0 aliphatic heterocycles. The van der Waals surface area contributed by atoms with Crippen molar-refractivity contribution in [1.82, 2.24) is 15.0 Å². The fourth-order valence-corrected chi connectivity index (χ4v) is 5.25. The SMILES string of the molecule is O=C(NSc1cccc(-c2ccc(Oc3ncc(Cl)cc3Cl)c(Cl)c2)c1[N+](=O)[O-])NC(=O)c1c(Cl)cccc1Cl. The summed E-state index contributed by atoms with van der Waals surface area (Å²) in [5.41, 5.74) is 0.222. The molecule has 40 heavy (non-hydrogen) atoms. The molecule has 15 heteroatoms. The molecule has 0 bridgehead atoms. The zero-order valence-corrected chi connectivity index (χ0v) is 24.2. The molecule has 2 N–H and O–H groups in total. The van der Waals surface area contributed by atoms with Gasteiger partial charge in [0.05, 0.1) is 36.1 Å². The summed E-state index contributed by atoms with van der Waals surface area (Å²) < 4.78 is 8.01. The fraction of sp³-hybridized carbons (Fsp3) is 0. The molecular formula is C25H13Cl5N4O5S. The number of carbonyl (C=O) groups is 2. The second kappa shape index (κ2) is 12.9. The van der Waals surface area contributed by atoms with E-state index in [-0.39, 0.29) is 53.4 Å². The maximum absolute atomic E-state index is 12.4. The van der Waals surface area contributed by atoms with Crippen molar-refractivity contribution in [1.29, 1.82) is 0 Å². The Balaban J connectivity index is 1.53. The van der Waals surface area contributed by atoms with Gasteiger partial charge in [-0.1, -0.05) is 76.2 Å². The summed E-state index contributed by atoms with van der Waals surface area (Å²) in [6, 6.07) is 14.0. The van der Waals surface area contributed by atoms with Crippen molar-refractivity contribution in [3.8, 4) is 22.8 Å². The number of nitro benzene ring substituents is 1. The molecule has 4 rings (SSSR count). The predicted octanol–water partition coefficient (Wildman–Crippen LogP) is 8.86. The maximum Gasteiger partial charge on any atom is 0.331 e. The number of nitrogens with one attached hydrogen (secondary N) is 2. The van der Waals surface area contributed by atoms with E-state index in [0.29, 0.717) is 22.5 Å². The molecule has 0 fully saturated rings. The predicted molar refractivity (Wildman–Crippen MR) is 156 cm³/mol. The number of rotatable bonds is 7. The standard InChI is InChI=1S/C25H13Cl5N4O5S/c26-13-10-18(30)24(31-11-13)39-19-8-7-12(9-17(19)29)14-3-1-6-20(22(14)34(37)38)40-33-25(36)32-23(35)21-15(27)4-2-5-16(21)28/h1-11H,(H2,32,33,35,36). The number of nitrogens with zero attached hydrogens (tertiary/aromatic N) is 2. The lowest BCUT2D eigenvalue weighted by Gasteiger charge is -2.12. The van der Waals surface area contributed by atoms with E-state index in [1.54, 1.807) is 18.2 Å². The first kappa shape index (κ1) is 29.7. The van der Waals surface area contributed by atoms with Crippen LogP contribution in [0.5, 0.6) is 11.6 Å². The Labute approximate surface area is 256 Å². The lowest BCUT2D eigenvalue weighted by atomic mass is 10.0. The normalized spacial score (nSPS) is 10.6. The van der Waals surface area contributed by atoms with Gasteiger partial charge in [0.2, 0.25) is 5.88 Å². The lowest BCUT2D eigenvalue weighted by molar-refractivity contribution is -0.387. The van der Waals surface area contributed by atoms with Crippen molar-refractivity contribution in [2.45, 2.75) is 4.90 Å². The average molecular weight is 659 g/mol. The monoisotopic (exact) mass is 656 g/mol. The van der Waals surface area contributed by atoms with Crippen LogP contribution in [0.2, 0.25) is 25.1 Å². The molecule has 3 aromatic carbocycles. The zero-order chi connectivity index (χ0) is 29.0. The highest BCUT2D eigenvalue weighted by atomic mass is 35.5. The van der Waals surface area contributed by atoms with Crippen molar-refractivity contribution < 1.29 is 19.2 Å². The number of hydrogen-bond acceptors (Lipinski definition) is 7. The van der Waals surface area contributed by atoms with Crippen molar-refractivity contribution in [2.24, 2.45) is 0 Å². The maximum atomic E-state index is 12.4. The fourth-order valence-electron chi connectivity index (χ4n) is 3.37. The molecule has 0 atom stereocenters. The zero-order valence-electron chi connectivity index (χ0n) is 19.6. The summed E-state index contributed by atoms with van der Waals surface area (Å²) >= 11 is 31.0. The highest BCUT2D eigenvalue weighted by Gasteiger charge is 2.24. The van der Waals surface area contributed by atoms with E-state index in [1.807, 2.05) is 0 Å². The van der Waals surface area contributed by atoms with E-state index in [0.717, 1.165) is 0 Å². The van der Waals surface area contributed by atoms with Crippen LogP contribution in [0, 0.1) is 10.1 Å². The number of aromatic nitrogens is 1. The van der Waals surface area contributed by atoms with E-state index in [2.05, 4.69) is 15.0 Å². The van der Waals surface area contributed by atoms with E-state index >= 15 is 0 Å². The molecule has 0 radical (unpaired) electrons. The molecule has 0 aliphatic carbocycles. The van der Waals surface area contributed by atoms with E-state index in [4.69, 9.17) is 62.7 Å². The number of hydrogen-bond donors (Lipinski definition) is 2. The van der Waals surface area contributed by atoms with Crippen LogP contribution in [-0.4, -0.2) is 21.8 Å². The number of urea groups is 1. The summed E-state index contributed by atoms with van der Waals surface area (Å²) in [4.78, 5) is 40.3. The number of benzene rings is 3. The van der Waals surface area contributed by atoms with Crippen molar-refractivity contribution >= 4 is 87.6 Å². The van der Waals surface area contributed by atoms with Crippen LogP contribution in [0.15, 0.2) is 71.8 Å². The summed E-state index contributed by atoms with van der Waals surface area (Å²) in [5.74, 6) is -0.564. The Bertz CT molecular complexity index is 1640. The van der Waals surface area contributed by atoms with Crippen LogP contribution in [0.1, 0.15) is 10.4 Å². The van der Waals surface area contributed by atoms with Crippen LogP contribution in [0.3, 0.4) is 0 Å².